The molecule has 1 aliphatic heterocycles. The van der Waals surface area contributed by atoms with Gasteiger partial charge in [-0.05, 0) is 37.8 Å². The Bertz CT molecular complexity index is 909. The van der Waals surface area contributed by atoms with Crippen molar-refractivity contribution in [1.82, 2.24) is 9.29 Å². The van der Waals surface area contributed by atoms with E-state index in [1.807, 2.05) is 17.5 Å². The molecular formula is C20H24N2O3S2. The smallest absolute Gasteiger partial charge is 0.243 e. The van der Waals surface area contributed by atoms with Crippen LogP contribution in [0.2, 0.25) is 0 Å². The number of sulfonamides is 1. The van der Waals surface area contributed by atoms with Crippen LogP contribution in [0.1, 0.15) is 43.5 Å². The summed E-state index contributed by atoms with van der Waals surface area (Å²) in [6.07, 6.45) is 6.56. The van der Waals surface area contributed by atoms with Crippen molar-refractivity contribution in [2.45, 2.75) is 49.8 Å². The Hall–Kier alpha value is -1.57. The molecule has 2 aliphatic rings. The normalized spacial score (nSPS) is 19.0. The predicted octanol–water partition coefficient (Wildman–Crippen LogP) is 3.90. The molecule has 0 unspecified atom stereocenters. The van der Waals surface area contributed by atoms with E-state index in [0.717, 1.165) is 54.8 Å². The fourth-order valence-corrected chi connectivity index (χ4v) is 5.93. The van der Waals surface area contributed by atoms with Gasteiger partial charge >= 0.3 is 0 Å². The zero-order valence-corrected chi connectivity index (χ0v) is 16.9. The Kier molecular flexibility index (Phi) is 5.43. The highest BCUT2D eigenvalue weighted by Gasteiger charge is 2.27. The summed E-state index contributed by atoms with van der Waals surface area (Å²) in [5.41, 5.74) is 1.68. The van der Waals surface area contributed by atoms with E-state index in [1.54, 1.807) is 16.4 Å². The summed E-state index contributed by atoms with van der Waals surface area (Å²) in [6.45, 7) is 1.21. The molecule has 0 atom stereocenters. The number of benzene rings is 1. The second-order valence-electron chi connectivity index (χ2n) is 7.39. The molecule has 2 heterocycles. The number of hydrogen-bond acceptors (Lipinski definition) is 5. The van der Waals surface area contributed by atoms with Crippen LogP contribution in [0.25, 0.3) is 11.3 Å². The molecule has 5 nitrogen and oxygen atoms in total. The number of thiazole rings is 1. The molecule has 1 aromatic carbocycles. The number of Topliss-reactive ketones (excluding diaryl/α,β-unsaturated/α-hetero) is 1. The first-order chi connectivity index (χ1) is 13.0. The monoisotopic (exact) mass is 404 g/mol. The Morgan fingerprint density at radius 3 is 2.41 bits per heavy atom. The molecule has 0 bridgehead atoms. The van der Waals surface area contributed by atoms with Crippen molar-refractivity contribution in [1.29, 1.82) is 0 Å². The Labute approximate surface area is 164 Å². The summed E-state index contributed by atoms with van der Waals surface area (Å²) >= 11 is 1.50. The van der Waals surface area contributed by atoms with E-state index in [2.05, 4.69) is 4.98 Å². The van der Waals surface area contributed by atoms with E-state index in [4.69, 9.17) is 0 Å². The Balaban J connectivity index is 1.46. The van der Waals surface area contributed by atoms with E-state index in [9.17, 15) is 13.2 Å². The molecule has 0 amide bonds. The van der Waals surface area contributed by atoms with Crippen LogP contribution in [0, 0.1) is 5.92 Å². The van der Waals surface area contributed by atoms with Crippen molar-refractivity contribution in [3.05, 3.63) is 34.7 Å². The van der Waals surface area contributed by atoms with Crippen molar-refractivity contribution in [2.75, 3.05) is 13.1 Å². The van der Waals surface area contributed by atoms with Gasteiger partial charge in [0.1, 0.15) is 10.8 Å². The second-order valence-corrected chi connectivity index (χ2v) is 10.3. The number of carbonyl (C=O) groups excluding carboxylic acids is 1. The largest absolute Gasteiger partial charge is 0.299 e. The number of piperidine rings is 1. The number of rotatable bonds is 6. The van der Waals surface area contributed by atoms with Crippen LogP contribution >= 0.6 is 11.3 Å². The summed E-state index contributed by atoms with van der Waals surface area (Å²) in [7, 11) is -3.41. The van der Waals surface area contributed by atoms with Crippen molar-refractivity contribution in [2.24, 2.45) is 5.92 Å². The van der Waals surface area contributed by atoms with Gasteiger partial charge in [0.15, 0.2) is 0 Å². The van der Waals surface area contributed by atoms with Gasteiger partial charge in [-0.1, -0.05) is 25.0 Å². The van der Waals surface area contributed by atoms with Gasteiger partial charge in [-0.2, -0.15) is 4.31 Å². The highest BCUT2D eigenvalue weighted by atomic mass is 32.2. The molecule has 1 aromatic heterocycles. The van der Waals surface area contributed by atoms with Gasteiger partial charge in [-0.25, -0.2) is 13.4 Å². The van der Waals surface area contributed by atoms with Crippen molar-refractivity contribution < 1.29 is 13.2 Å². The summed E-state index contributed by atoms with van der Waals surface area (Å²) in [5.74, 6) is 0.529. The number of hydrogen-bond donors (Lipinski definition) is 0. The lowest BCUT2D eigenvalue weighted by atomic mass is 9.81. The lowest BCUT2D eigenvalue weighted by molar-refractivity contribution is -0.124. The van der Waals surface area contributed by atoms with E-state index >= 15 is 0 Å². The molecule has 1 saturated heterocycles. The topological polar surface area (TPSA) is 67.3 Å². The van der Waals surface area contributed by atoms with Crippen LogP contribution in [-0.2, 0) is 21.2 Å². The van der Waals surface area contributed by atoms with Crippen LogP contribution in [0.4, 0.5) is 0 Å². The maximum Gasteiger partial charge on any atom is 0.243 e. The van der Waals surface area contributed by atoms with Crippen LogP contribution in [-0.4, -0.2) is 36.6 Å². The van der Waals surface area contributed by atoms with Gasteiger partial charge in [0.2, 0.25) is 10.0 Å². The fraction of sp³-hybridized carbons (Fsp3) is 0.500. The average molecular weight is 405 g/mol. The minimum atomic E-state index is -3.41. The van der Waals surface area contributed by atoms with Gasteiger partial charge in [0, 0.05) is 30.0 Å². The first-order valence-corrected chi connectivity index (χ1v) is 11.9. The van der Waals surface area contributed by atoms with E-state index < -0.39 is 10.0 Å². The quantitative estimate of drug-likeness (QED) is 0.732. The molecule has 27 heavy (non-hydrogen) atoms. The van der Waals surface area contributed by atoms with Gasteiger partial charge < -0.3 is 0 Å². The Morgan fingerprint density at radius 1 is 1.07 bits per heavy atom. The molecular weight excluding hydrogens is 380 g/mol. The number of carbonyl (C=O) groups is 1. The molecule has 0 N–H and O–H groups in total. The van der Waals surface area contributed by atoms with Gasteiger partial charge in [-0.3, -0.25) is 4.79 Å². The lowest BCUT2D eigenvalue weighted by Gasteiger charge is -2.25. The molecule has 2 aromatic rings. The minimum absolute atomic E-state index is 0.233. The van der Waals surface area contributed by atoms with Gasteiger partial charge in [-0.15, -0.1) is 11.3 Å². The van der Waals surface area contributed by atoms with E-state index in [0.29, 0.717) is 30.2 Å². The predicted molar refractivity (Wildman–Crippen MR) is 106 cm³/mol. The van der Waals surface area contributed by atoms with E-state index in [1.165, 1.54) is 11.3 Å². The number of nitrogens with zero attached hydrogens (tertiary/aromatic N) is 2. The molecule has 4 rings (SSSR count). The summed E-state index contributed by atoms with van der Waals surface area (Å²) in [6, 6.07) is 6.95. The van der Waals surface area contributed by atoms with Crippen LogP contribution in [0.5, 0.6) is 0 Å². The zero-order valence-electron chi connectivity index (χ0n) is 15.3. The summed E-state index contributed by atoms with van der Waals surface area (Å²) in [4.78, 5) is 17.1. The van der Waals surface area contributed by atoms with Gasteiger partial charge in [0.25, 0.3) is 0 Å². The molecule has 0 spiro atoms. The highest BCUT2D eigenvalue weighted by Crippen LogP contribution is 2.30. The molecule has 144 valence electrons. The third kappa shape index (κ3) is 4.00. The molecule has 2 fully saturated rings. The second kappa shape index (κ2) is 7.81. The molecule has 7 heteroatoms. The zero-order chi connectivity index (χ0) is 18.9. The third-order valence-electron chi connectivity index (χ3n) is 5.54. The van der Waals surface area contributed by atoms with Crippen LogP contribution in [0.3, 0.4) is 0 Å². The number of aromatic nitrogens is 1. The standard InChI is InChI=1S/C20H24N2O3S2/c23-19(16-5-4-6-16)13-20-21-18(14-26-20)15-7-9-17(10-8-15)27(24,25)22-11-2-1-3-12-22/h7-10,14,16H,1-6,11-13H2. The maximum atomic E-state index is 12.7. The van der Waals surface area contributed by atoms with E-state index in [-0.39, 0.29) is 5.92 Å². The summed E-state index contributed by atoms with van der Waals surface area (Å²) < 4.78 is 27.0. The first-order valence-electron chi connectivity index (χ1n) is 9.62. The van der Waals surface area contributed by atoms with Crippen LogP contribution in [0.15, 0.2) is 34.5 Å². The maximum absolute atomic E-state index is 12.7. The molecule has 1 saturated carbocycles. The summed E-state index contributed by atoms with van der Waals surface area (Å²) in [5, 5.41) is 2.78. The SMILES string of the molecule is O=C(Cc1nc(-c2ccc(S(=O)(=O)N3CCCCC3)cc2)cs1)C1CCC1. The molecule has 0 radical (unpaired) electrons. The molecule has 1 aliphatic carbocycles. The minimum Gasteiger partial charge on any atom is -0.299 e. The fourth-order valence-electron chi connectivity index (χ4n) is 3.60. The average Bonchev–Trinajstić information content (AvgIpc) is 3.09. The number of ketones is 1. The van der Waals surface area contributed by atoms with Crippen molar-refractivity contribution in [3.8, 4) is 11.3 Å². The van der Waals surface area contributed by atoms with Crippen molar-refractivity contribution >= 4 is 27.1 Å². The highest BCUT2D eigenvalue weighted by molar-refractivity contribution is 7.89. The third-order valence-corrected chi connectivity index (χ3v) is 8.30. The Morgan fingerprint density at radius 2 is 1.78 bits per heavy atom. The van der Waals surface area contributed by atoms with Gasteiger partial charge in [0.05, 0.1) is 17.0 Å². The first kappa shape index (κ1) is 18.8. The van der Waals surface area contributed by atoms with Crippen molar-refractivity contribution in [3.63, 3.8) is 0 Å². The lowest BCUT2D eigenvalue weighted by Crippen LogP contribution is -2.35. The van der Waals surface area contributed by atoms with Crippen LogP contribution < -0.4 is 0 Å².